The number of benzene rings is 2. The van der Waals surface area contributed by atoms with E-state index in [0.717, 1.165) is 59.5 Å². The number of nitrogens with zero attached hydrogens (tertiary/aromatic N) is 4. The van der Waals surface area contributed by atoms with Gasteiger partial charge in [0.05, 0.1) is 23.5 Å². The van der Waals surface area contributed by atoms with Gasteiger partial charge in [0.2, 0.25) is 0 Å². The van der Waals surface area contributed by atoms with Crippen molar-refractivity contribution in [2.24, 2.45) is 0 Å². The summed E-state index contributed by atoms with van der Waals surface area (Å²) in [4.78, 5) is 11.1. The van der Waals surface area contributed by atoms with E-state index in [-0.39, 0.29) is 5.54 Å². The fraction of sp³-hybridized carbons (Fsp3) is 0.219. The first-order chi connectivity index (χ1) is 18.4. The molecule has 1 aromatic heterocycles. The lowest BCUT2D eigenvalue weighted by Crippen LogP contribution is -2.50. The van der Waals surface area contributed by atoms with Crippen LogP contribution in [0.3, 0.4) is 0 Å². The molecule has 0 saturated heterocycles. The molecule has 1 unspecified atom stereocenters. The van der Waals surface area contributed by atoms with Crippen LogP contribution in [-0.2, 0) is 12.8 Å². The summed E-state index contributed by atoms with van der Waals surface area (Å²) in [5.74, 6) is 1.69. The Balaban J connectivity index is 1.34. The first-order valence-corrected chi connectivity index (χ1v) is 13.0. The van der Waals surface area contributed by atoms with Crippen LogP contribution in [0.2, 0.25) is 0 Å². The summed E-state index contributed by atoms with van der Waals surface area (Å²) in [5.41, 5.74) is 7.51. The van der Waals surface area contributed by atoms with E-state index < -0.39 is 0 Å². The lowest BCUT2D eigenvalue weighted by atomic mass is 9.90. The van der Waals surface area contributed by atoms with Gasteiger partial charge in [0, 0.05) is 49.7 Å². The fourth-order valence-corrected chi connectivity index (χ4v) is 5.80. The molecule has 38 heavy (non-hydrogen) atoms. The molecule has 0 spiro atoms. The summed E-state index contributed by atoms with van der Waals surface area (Å²) in [7, 11) is 1.94. The predicted octanol–water partition coefficient (Wildman–Crippen LogP) is 6.17. The van der Waals surface area contributed by atoms with Crippen LogP contribution in [0.4, 0.5) is 22.9 Å². The van der Waals surface area contributed by atoms with Crippen molar-refractivity contribution < 1.29 is 0 Å². The van der Waals surface area contributed by atoms with E-state index in [0.29, 0.717) is 6.54 Å². The molecule has 0 radical (unpaired) electrons. The highest BCUT2D eigenvalue weighted by atomic mass is 15.4. The molecule has 2 N–H and O–H groups in total. The van der Waals surface area contributed by atoms with Crippen molar-refractivity contribution in [1.82, 2.24) is 15.2 Å². The minimum atomic E-state index is -0.213. The third-order valence-electron chi connectivity index (χ3n) is 7.68. The molecule has 0 bridgehead atoms. The highest BCUT2D eigenvalue weighted by Crippen LogP contribution is 2.45. The molecular weight excluding hydrogens is 468 g/mol. The smallest absolute Gasteiger partial charge is 0.138 e. The Hall–Kier alpha value is -4.45. The number of aromatic nitrogens is 1. The van der Waals surface area contributed by atoms with Gasteiger partial charge < -0.3 is 20.4 Å². The number of fused-ring (bicyclic) bond motifs is 2. The maximum atomic E-state index is 4.56. The lowest BCUT2D eigenvalue weighted by Gasteiger charge is -2.41. The third-order valence-corrected chi connectivity index (χ3v) is 7.68. The van der Waals surface area contributed by atoms with Crippen LogP contribution >= 0.6 is 0 Å². The molecule has 0 amide bonds. The molecule has 2 aromatic carbocycles. The maximum Gasteiger partial charge on any atom is 0.138 e. The van der Waals surface area contributed by atoms with Crippen LogP contribution in [0.5, 0.6) is 0 Å². The zero-order valence-corrected chi connectivity index (χ0v) is 22.4. The number of hydrogen-bond acceptors (Lipinski definition) is 6. The van der Waals surface area contributed by atoms with Crippen molar-refractivity contribution in [2.75, 3.05) is 35.3 Å². The Morgan fingerprint density at radius 3 is 2.47 bits per heavy atom. The Labute approximate surface area is 226 Å². The van der Waals surface area contributed by atoms with E-state index in [1.165, 1.54) is 11.1 Å². The van der Waals surface area contributed by atoms with Gasteiger partial charge in [0.25, 0.3) is 0 Å². The molecule has 2 aliphatic rings. The number of para-hydroxylation sites is 2. The number of rotatable bonds is 10. The van der Waals surface area contributed by atoms with Crippen LogP contribution in [0.15, 0.2) is 117 Å². The van der Waals surface area contributed by atoms with E-state index in [4.69, 9.17) is 0 Å². The quantitative estimate of drug-likeness (QED) is 0.344. The van der Waals surface area contributed by atoms with Crippen molar-refractivity contribution >= 4 is 22.9 Å². The van der Waals surface area contributed by atoms with Gasteiger partial charge in [-0.3, -0.25) is 4.90 Å². The van der Waals surface area contributed by atoms with Gasteiger partial charge in [-0.2, -0.15) is 0 Å². The second-order valence-corrected chi connectivity index (χ2v) is 9.81. The van der Waals surface area contributed by atoms with Crippen molar-refractivity contribution in [3.63, 3.8) is 0 Å². The molecule has 1 aliphatic heterocycles. The zero-order chi connectivity index (χ0) is 26.9. The van der Waals surface area contributed by atoms with Gasteiger partial charge in [-0.1, -0.05) is 50.6 Å². The molecule has 0 fully saturated rings. The number of nitrogens with one attached hydrogen (secondary N) is 2. The standard InChI is InChI=1S/C32H36N6/c1-7-36(8-2)32(24(4)33-6)20-26-16-17-28(19-27(26)21-32)35-23(3)22-37-25(5)38(31-15-11-12-18-34-31)30-14-10-9-13-29(30)37/h7,9-19,33,35H,1,3-5,8,20-22H2,2,6H3. The van der Waals surface area contributed by atoms with E-state index in [9.17, 15) is 0 Å². The maximum absolute atomic E-state index is 4.56. The predicted molar refractivity (Wildman–Crippen MR) is 159 cm³/mol. The monoisotopic (exact) mass is 504 g/mol. The number of hydrogen-bond donors (Lipinski definition) is 2. The minimum absolute atomic E-state index is 0.213. The molecule has 2 heterocycles. The fourth-order valence-electron chi connectivity index (χ4n) is 5.80. The first kappa shape index (κ1) is 25.2. The van der Waals surface area contributed by atoms with Gasteiger partial charge in [0.15, 0.2) is 0 Å². The van der Waals surface area contributed by atoms with Crippen LogP contribution in [0.1, 0.15) is 18.1 Å². The molecule has 194 valence electrons. The average Bonchev–Trinajstić information content (AvgIpc) is 3.45. The van der Waals surface area contributed by atoms with Gasteiger partial charge in [-0.25, -0.2) is 4.98 Å². The Morgan fingerprint density at radius 1 is 1.05 bits per heavy atom. The molecular formula is C32H36N6. The van der Waals surface area contributed by atoms with Gasteiger partial charge in [-0.05, 0) is 60.6 Å². The molecule has 6 nitrogen and oxygen atoms in total. The van der Waals surface area contributed by atoms with E-state index >= 15 is 0 Å². The normalized spacial score (nSPS) is 17.6. The molecule has 1 aliphatic carbocycles. The lowest BCUT2D eigenvalue weighted by molar-refractivity contribution is 0.195. The number of likely N-dealkylation sites (N-methyl/N-ethyl adjacent to an activating group) is 2. The number of pyridine rings is 1. The van der Waals surface area contributed by atoms with Crippen LogP contribution in [0.25, 0.3) is 0 Å². The molecule has 1 atom stereocenters. The summed E-state index contributed by atoms with van der Waals surface area (Å²) < 4.78 is 0. The van der Waals surface area contributed by atoms with Crippen LogP contribution in [-0.4, -0.2) is 35.6 Å². The summed E-state index contributed by atoms with van der Waals surface area (Å²) in [5, 5.41) is 6.86. The second kappa shape index (κ2) is 10.1. The van der Waals surface area contributed by atoms with Crippen molar-refractivity contribution in [3.05, 3.63) is 128 Å². The largest absolute Gasteiger partial charge is 0.390 e. The highest BCUT2D eigenvalue weighted by molar-refractivity contribution is 5.87. The Morgan fingerprint density at radius 2 is 1.79 bits per heavy atom. The SMILES string of the molecule is C=CN(CC)C1(C(=C)NC)Cc2ccc(NC(=C)CN3C(=C)N(c4ccccn4)c4ccccc43)cc2C1. The van der Waals surface area contributed by atoms with Gasteiger partial charge in [-0.15, -0.1) is 0 Å². The average molecular weight is 505 g/mol. The minimum Gasteiger partial charge on any atom is -0.390 e. The second-order valence-electron chi connectivity index (χ2n) is 9.81. The molecule has 3 aromatic rings. The van der Waals surface area contributed by atoms with Crippen molar-refractivity contribution in [3.8, 4) is 0 Å². The summed E-state index contributed by atoms with van der Waals surface area (Å²) >= 11 is 0. The van der Waals surface area contributed by atoms with Gasteiger partial charge in [0.1, 0.15) is 11.6 Å². The van der Waals surface area contributed by atoms with Crippen molar-refractivity contribution in [2.45, 2.75) is 25.3 Å². The zero-order valence-electron chi connectivity index (χ0n) is 22.4. The first-order valence-electron chi connectivity index (χ1n) is 13.0. The Kier molecular flexibility index (Phi) is 6.72. The van der Waals surface area contributed by atoms with Crippen LogP contribution < -0.4 is 20.4 Å². The summed E-state index contributed by atoms with van der Waals surface area (Å²) in [6.07, 6.45) is 5.51. The third kappa shape index (κ3) is 4.22. The summed E-state index contributed by atoms with van der Waals surface area (Å²) in [6, 6.07) is 20.8. The van der Waals surface area contributed by atoms with Crippen LogP contribution in [0, 0.1) is 0 Å². The van der Waals surface area contributed by atoms with E-state index in [2.05, 4.69) is 93.9 Å². The number of anilines is 4. The van der Waals surface area contributed by atoms with Gasteiger partial charge >= 0.3 is 0 Å². The van der Waals surface area contributed by atoms with Crippen molar-refractivity contribution in [1.29, 1.82) is 0 Å². The molecule has 5 rings (SSSR count). The molecule has 0 saturated carbocycles. The topological polar surface area (TPSA) is 46.7 Å². The Bertz CT molecular complexity index is 1390. The molecule has 6 heteroatoms. The van der Waals surface area contributed by atoms with E-state index in [1.54, 1.807) is 6.20 Å². The summed E-state index contributed by atoms with van der Waals surface area (Å²) in [6.45, 7) is 20.8. The van der Waals surface area contributed by atoms with E-state index in [1.807, 2.05) is 43.6 Å². The highest BCUT2D eigenvalue weighted by Gasteiger charge is 2.43.